The molecule has 170 valence electrons. The number of anilines is 2. The summed E-state index contributed by atoms with van der Waals surface area (Å²) in [5.74, 6) is 1.12. The number of nitrogens with zero attached hydrogens (tertiary/aromatic N) is 4. The van der Waals surface area contributed by atoms with Crippen LogP contribution in [0, 0.1) is 5.82 Å². The van der Waals surface area contributed by atoms with Crippen molar-refractivity contribution in [2.45, 2.75) is 19.9 Å². The Kier molecular flexibility index (Phi) is 5.67. The van der Waals surface area contributed by atoms with Crippen LogP contribution in [0.2, 0.25) is 0 Å². The van der Waals surface area contributed by atoms with Gasteiger partial charge in [-0.3, -0.25) is 9.56 Å². The standard InChI is InChI=1S/C27H24FN5O/c1-17(2)30-23-15-26-24(14-22(23)31-19-8-6-7-18(28)13-19)32-21-9-4-5-10-25(21)33(26)27-12-11-20(34-3)16-29-27/h4-17,31H,1-3H3. The van der Waals surface area contributed by atoms with Crippen LogP contribution in [0.15, 0.2) is 84.0 Å². The number of nitrogens with one attached hydrogen (secondary N) is 1. The summed E-state index contributed by atoms with van der Waals surface area (Å²) >= 11 is 0. The number of pyridine rings is 1. The molecule has 0 amide bonds. The largest absolute Gasteiger partial charge is 0.495 e. The second kappa shape index (κ2) is 8.94. The molecular weight excluding hydrogens is 429 g/mol. The summed E-state index contributed by atoms with van der Waals surface area (Å²) in [4.78, 5) is 14.4. The number of hydrogen-bond acceptors (Lipinski definition) is 5. The number of methoxy groups -OCH3 is 1. The van der Waals surface area contributed by atoms with Crippen molar-refractivity contribution in [1.82, 2.24) is 14.5 Å². The van der Waals surface area contributed by atoms with E-state index in [2.05, 4.69) is 14.9 Å². The third-order valence-electron chi connectivity index (χ3n) is 5.38. The summed E-state index contributed by atoms with van der Waals surface area (Å²) in [6.07, 6.45) is 1.70. The fourth-order valence-electron chi connectivity index (χ4n) is 3.92. The number of ether oxygens (including phenoxy) is 1. The zero-order valence-electron chi connectivity index (χ0n) is 19.2. The van der Waals surface area contributed by atoms with E-state index in [1.807, 2.05) is 68.4 Å². The van der Waals surface area contributed by atoms with Crippen molar-refractivity contribution < 1.29 is 9.13 Å². The van der Waals surface area contributed by atoms with Crippen molar-refractivity contribution in [3.63, 3.8) is 0 Å². The first-order chi connectivity index (χ1) is 16.5. The van der Waals surface area contributed by atoms with E-state index in [0.29, 0.717) is 11.4 Å². The molecule has 1 N–H and O–H groups in total. The van der Waals surface area contributed by atoms with Crippen molar-refractivity contribution in [2.75, 3.05) is 12.4 Å². The molecular formula is C27H24FN5O. The van der Waals surface area contributed by atoms with Gasteiger partial charge < -0.3 is 10.1 Å². The van der Waals surface area contributed by atoms with Gasteiger partial charge in [0.15, 0.2) is 0 Å². The molecule has 0 atom stereocenters. The predicted molar refractivity (Wildman–Crippen MR) is 132 cm³/mol. The maximum atomic E-state index is 13.8. The van der Waals surface area contributed by atoms with E-state index in [1.165, 1.54) is 12.1 Å². The lowest BCUT2D eigenvalue weighted by Crippen LogP contribution is -2.17. The number of rotatable bonds is 5. The number of halogens is 1. The van der Waals surface area contributed by atoms with Crippen LogP contribution in [0.4, 0.5) is 15.8 Å². The summed E-state index contributed by atoms with van der Waals surface area (Å²) in [5, 5.41) is 4.07. The molecule has 1 aliphatic heterocycles. The van der Waals surface area contributed by atoms with Crippen LogP contribution in [0.25, 0.3) is 28.2 Å². The minimum atomic E-state index is -0.305. The average molecular weight is 454 g/mol. The summed E-state index contributed by atoms with van der Waals surface area (Å²) in [7, 11) is 1.62. The first-order valence-electron chi connectivity index (χ1n) is 11.0. The van der Waals surface area contributed by atoms with Gasteiger partial charge in [-0.15, -0.1) is 0 Å². The van der Waals surface area contributed by atoms with Gasteiger partial charge in [-0.25, -0.2) is 14.4 Å². The number of fused-ring (bicyclic) bond motifs is 2. The van der Waals surface area contributed by atoms with Crippen LogP contribution in [0.5, 0.6) is 5.75 Å². The van der Waals surface area contributed by atoms with E-state index in [9.17, 15) is 4.39 Å². The molecule has 6 nitrogen and oxygen atoms in total. The minimum Gasteiger partial charge on any atom is -0.495 e. The van der Waals surface area contributed by atoms with Crippen molar-refractivity contribution in [1.29, 1.82) is 0 Å². The van der Waals surface area contributed by atoms with E-state index in [0.717, 1.165) is 39.3 Å². The highest BCUT2D eigenvalue weighted by molar-refractivity contribution is 5.84. The molecule has 0 saturated heterocycles. The lowest BCUT2D eigenvalue weighted by Gasteiger charge is -2.20. The molecule has 0 unspecified atom stereocenters. The second-order valence-corrected chi connectivity index (χ2v) is 8.21. The van der Waals surface area contributed by atoms with Crippen LogP contribution in [0.3, 0.4) is 0 Å². The smallest absolute Gasteiger partial charge is 0.137 e. The molecule has 0 fully saturated rings. The molecule has 5 rings (SSSR count). The van der Waals surface area contributed by atoms with Gasteiger partial charge in [0.05, 0.1) is 46.8 Å². The highest BCUT2D eigenvalue weighted by Gasteiger charge is 2.17. The second-order valence-electron chi connectivity index (χ2n) is 8.21. The molecule has 7 heteroatoms. The molecule has 2 aliphatic rings. The number of para-hydroxylation sites is 2. The Hall–Kier alpha value is -4.26. The molecule has 3 aromatic rings. The average Bonchev–Trinajstić information content (AvgIpc) is 2.83. The summed E-state index contributed by atoms with van der Waals surface area (Å²) < 4.78 is 21.2. The highest BCUT2D eigenvalue weighted by Crippen LogP contribution is 2.30. The molecule has 1 aromatic heterocycles. The van der Waals surface area contributed by atoms with Gasteiger partial charge in [0.1, 0.15) is 17.4 Å². The fourth-order valence-corrected chi connectivity index (χ4v) is 3.92. The van der Waals surface area contributed by atoms with E-state index in [4.69, 9.17) is 14.7 Å². The van der Waals surface area contributed by atoms with Gasteiger partial charge in [0.25, 0.3) is 0 Å². The Balaban J connectivity index is 1.80. The zero-order chi connectivity index (χ0) is 23.7. The first-order valence-corrected chi connectivity index (χ1v) is 11.0. The van der Waals surface area contributed by atoms with Crippen LogP contribution < -0.4 is 15.4 Å². The summed E-state index contributed by atoms with van der Waals surface area (Å²) in [6, 6.07) is 22.1. The van der Waals surface area contributed by atoms with E-state index in [-0.39, 0.29) is 11.9 Å². The lowest BCUT2D eigenvalue weighted by molar-refractivity contribution is 0.413. The Labute approximate surface area is 196 Å². The zero-order valence-corrected chi connectivity index (χ0v) is 19.2. The van der Waals surface area contributed by atoms with E-state index < -0.39 is 0 Å². The van der Waals surface area contributed by atoms with Gasteiger partial charge in [-0.1, -0.05) is 18.2 Å². The molecule has 2 aromatic carbocycles. The molecule has 0 bridgehead atoms. The third-order valence-corrected chi connectivity index (χ3v) is 5.38. The van der Waals surface area contributed by atoms with Gasteiger partial charge in [0.2, 0.25) is 0 Å². The van der Waals surface area contributed by atoms with Gasteiger partial charge in [-0.05, 0) is 68.4 Å². The maximum Gasteiger partial charge on any atom is 0.137 e. The topological polar surface area (TPSA) is 64.3 Å². The first kappa shape index (κ1) is 21.6. The summed E-state index contributed by atoms with van der Waals surface area (Å²) in [6.45, 7) is 4.04. The number of benzene rings is 3. The molecule has 0 spiro atoms. The normalized spacial score (nSPS) is 12.0. The predicted octanol–water partition coefficient (Wildman–Crippen LogP) is 5.73. The summed E-state index contributed by atoms with van der Waals surface area (Å²) in [5.41, 5.74) is 4.78. The quantitative estimate of drug-likeness (QED) is 0.346. The number of hydrogen-bond donors (Lipinski definition) is 1. The van der Waals surface area contributed by atoms with Crippen molar-refractivity contribution in [3.8, 4) is 23.0 Å². The van der Waals surface area contributed by atoms with Gasteiger partial charge in [0, 0.05) is 11.7 Å². The molecule has 0 saturated carbocycles. The van der Waals surface area contributed by atoms with E-state index >= 15 is 0 Å². The van der Waals surface area contributed by atoms with Crippen LogP contribution in [-0.4, -0.2) is 27.7 Å². The Bertz CT molecular complexity index is 1510. The Morgan fingerprint density at radius 1 is 1.00 bits per heavy atom. The molecule has 0 radical (unpaired) electrons. The fraction of sp³-hybridized carbons (Fsp3) is 0.148. The monoisotopic (exact) mass is 453 g/mol. The Morgan fingerprint density at radius 2 is 1.85 bits per heavy atom. The molecule has 34 heavy (non-hydrogen) atoms. The maximum absolute atomic E-state index is 13.8. The SMILES string of the molecule is COc1ccc(-n2c3cc(=NC(C)C)c(Nc4cccc(F)c4)cc-3nc3ccccc32)nc1. The minimum absolute atomic E-state index is 0.0616. The van der Waals surface area contributed by atoms with Crippen LogP contribution >= 0.6 is 0 Å². The van der Waals surface area contributed by atoms with Crippen molar-refractivity contribution in [2.24, 2.45) is 4.99 Å². The third kappa shape index (κ3) is 4.20. The van der Waals surface area contributed by atoms with Gasteiger partial charge in [-0.2, -0.15) is 0 Å². The highest BCUT2D eigenvalue weighted by atomic mass is 19.1. The van der Waals surface area contributed by atoms with Crippen molar-refractivity contribution in [3.05, 3.63) is 90.2 Å². The van der Waals surface area contributed by atoms with Crippen molar-refractivity contribution >= 4 is 22.4 Å². The Morgan fingerprint density at radius 3 is 2.59 bits per heavy atom. The van der Waals surface area contributed by atoms with Gasteiger partial charge >= 0.3 is 0 Å². The molecule has 1 aliphatic carbocycles. The number of aromatic nitrogens is 3. The van der Waals surface area contributed by atoms with E-state index in [1.54, 1.807) is 19.4 Å². The lowest BCUT2D eigenvalue weighted by atomic mass is 10.1. The van der Waals surface area contributed by atoms with Crippen LogP contribution in [-0.2, 0) is 0 Å². The van der Waals surface area contributed by atoms with Crippen LogP contribution in [0.1, 0.15) is 13.8 Å². The molecule has 2 heterocycles.